The number of rotatable bonds is 5. The lowest BCUT2D eigenvalue weighted by molar-refractivity contribution is -0.139. The molecule has 0 spiro atoms. The molecule has 0 radical (unpaired) electrons. The van der Waals surface area contributed by atoms with Gasteiger partial charge in [0.25, 0.3) is 5.56 Å². The SMILES string of the molecule is CCOC(=O)C1=C(C)N=c2s/c(=C/c3ccc(N(C)C)cc3)c(=O)n2[C@@H]1c1ccccc1. The largest absolute Gasteiger partial charge is 0.463 e. The number of carbonyl (C=O) groups excluding carboxylic acids is 1. The lowest BCUT2D eigenvalue weighted by Gasteiger charge is -2.24. The summed E-state index contributed by atoms with van der Waals surface area (Å²) in [6.45, 7) is 3.81. The molecule has 164 valence electrons. The number of ether oxygens (including phenoxy) is 1. The fourth-order valence-electron chi connectivity index (χ4n) is 3.76. The van der Waals surface area contributed by atoms with Gasteiger partial charge in [-0.1, -0.05) is 53.8 Å². The minimum absolute atomic E-state index is 0.173. The fourth-order valence-corrected chi connectivity index (χ4v) is 4.81. The van der Waals surface area contributed by atoms with Gasteiger partial charge in [-0.25, -0.2) is 9.79 Å². The van der Waals surface area contributed by atoms with Gasteiger partial charge in [0.15, 0.2) is 4.80 Å². The zero-order valence-electron chi connectivity index (χ0n) is 18.5. The molecule has 0 amide bonds. The molecular weight excluding hydrogens is 422 g/mol. The van der Waals surface area contributed by atoms with Crippen molar-refractivity contribution in [2.24, 2.45) is 4.99 Å². The number of anilines is 1. The van der Waals surface area contributed by atoms with E-state index in [9.17, 15) is 9.59 Å². The molecule has 1 aliphatic rings. The van der Waals surface area contributed by atoms with E-state index in [-0.39, 0.29) is 12.2 Å². The maximum atomic E-state index is 13.5. The average molecular weight is 448 g/mol. The summed E-state index contributed by atoms with van der Waals surface area (Å²) in [5.41, 5.74) is 3.65. The molecule has 0 saturated carbocycles. The third-order valence-corrected chi connectivity index (χ3v) is 6.32. The van der Waals surface area contributed by atoms with E-state index in [1.807, 2.05) is 79.7 Å². The molecule has 0 fully saturated rings. The number of fused-ring (bicyclic) bond motifs is 1. The quantitative estimate of drug-likeness (QED) is 0.565. The molecule has 1 aliphatic heterocycles. The second-order valence-electron chi connectivity index (χ2n) is 7.70. The Morgan fingerprint density at radius 2 is 1.84 bits per heavy atom. The van der Waals surface area contributed by atoms with Gasteiger partial charge in [0, 0.05) is 19.8 Å². The Kier molecular flexibility index (Phi) is 6.10. The molecule has 1 atom stereocenters. The van der Waals surface area contributed by atoms with Crippen molar-refractivity contribution in [1.29, 1.82) is 0 Å². The third-order valence-electron chi connectivity index (χ3n) is 5.34. The lowest BCUT2D eigenvalue weighted by Crippen LogP contribution is -2.39. The Labute approximate surface area is 190 Å². The molecule has 7 heteroatoms. The number of esters is 1. The van der Waals surface area contributed by atoms with Crippen LogP contribution in [0.2, 0.25) is 0 Å². The van der Waals surface area contributed by atoms with Gasteiger partial charge >= 0.3 is 5.97 Å². The van der Waals surface area contributed by atoms with E-state index in [1.54, 1.807) is 18.4 Å². The highest BCUT2D eigenvalue weighted by atomic mass is 32.1. The highest BCUT2D eigenvalue weighted by Crippen LogP contribution is 2.30. The van der Waals surface area contributed by atoms with E-state index in [1.165, 1.54) is 11.3 Å². The molecule has 2 aromatic carbocycles. The van der Waals surface area contributed by atoms with Crippen LogP contribution in [0.5, 0.6) is 0 Å². The van der Waals surface area contributed by atoms with Gasteiger partial charge in [-0.05, 0) is 43.2 Å². The summed E-state index contributed by atoms with van der Waals surface area (Å²) >= 11 is 1.33. The minimum Gasteiger partial charge on any atom is -0.463 e. The third kappa shape index (κ3) is 4.03. The maximum Gasteiger partial charge on any atom is 0.338 e. The van der Waals surface area contributed by atoms with Crippen molar-refractivity contribution in [1.82, 2.24) is 4.57 Å². The molecule has 32 heavy (non-hydrogen) atoms. The second-order valence-corrected chi connectivity index (χ2v) is 8.71. The van der Waals surface area contributed by atoms with Gasteiger partial charge in [-0.15, -0.1) is 0 Å². The Hall–Kier alpha value is -3.45. The maximum absolute atomic E-state index is 13.5. The normalized spacial score (nSPS) is 15.9. The van der Waals surface area contributed by atoms with Gasteiger partial charge < -0.3 is 9.64 Å². The van der Waals surface area contributed by atoms with E-state index >= 15 is 0 Å². The summed E-state index contributed by atoms with van der Waals surface area (Å²) < 4.78 is 7.49. The molecule has 0 saturated heterocycles. The number of thiazole rings is 1. The van der Waals surface area contributed by atoms with E-state index in [2.05, 4.69) is 4.99 Å². The molecule has 3 aromatic rings. The summed E-state index contributed by atoms with van der Waals surface area (Å²) in [7, 11) is 3.97. The topological polar surface area (TPSA) is 63.9 Å². The first-order valence-electron chi connectivity index (χ1n) is 10.4. The number of benzene rings is 2. The Bertz CT molecular complexity index is 1350. The predicted octanol–water partition coefficient (Wildman–Crippen LogP) is 2.86. The molecule has 1 aromatic heterocycles. The summed E-state index contributed by atoms with van der Waals surface area (Å²) in [6, 6.07) is 17.0. The van der Waals surface area contributed by atoms with Crippen LogP contribution in [0.15, 0.2) is 75.7 Å². The van der Waals surface area contributed by atoms with Crippen LogP contribution in [-0.2, 0) is 9.53 Å². The van der Waals surface area contributed by atoms with Gasteiger partial charge in [0.05, 0.1) is 28.5 Å². The lowest BCUT2D eigenvalue weighted by atomic mass is 9.96. The van der Waals surface area contributed by atoms with Crippen LogP contribution in [0.4, 0.5) is 5.69 Å². The van der Waals surface area contributed by atoms with Crippen LogP contribution in [0.25, 0.3) is 6.08 Å². The molecule has 2 heterocycles. The van der Waals surface area contributed by atoms with Crippen molar-refractivity contribution in [2.75, 3.05) is 25.6 Å². The predicted molar refractivity (Wildman–Crippen MR) is 128 cm³/mol. The number of nitrogens with zero attached hydrogens (tertiary/aromatic N) is 3. The number of hydrogen-bond acceptors (Lipinski definition) is 6. The minimum atomic E-state index is -0.579. The highest BCUT2D eigenvalue weighted by molar-refractivity contribution is 7.07. The molecule has 6 nitrogen and oxygen atoms in total. The Morgan fingerprint density at radius 1 is 1.16 bits per heavy atom. The van der Waals surface area contributed by atoms with Crippen LogP contribution >= 0.6 is 11.3 Å². The van der Waals surface area contributed by atoms with Crippen LogP contribution in [0.3, 0.4) is 0 Å². The van der Waals surface area contributed by atoms with Crippen molar-refractivity contribution >= 4 is 29.1 Å². The van der Waals surface area contributed by atoms with Crippen molar-refractivity contribution in [3.8, 4) is 0 Å². The molecule has 0 N–H and O–H groups in total. The number of carbonyl (C=O) groups is 1. The fraction of sp³-hybridized carbons (Fsp3) is 0.240. The summed E-state index contributed by atoms with van der Waals surface area (Å²) in [5, 5.41) is 0. The van der Waals surface area contributed by atoms with E-state index < -0.39 is 12.0 Å². The Morgan fingerprint density at radius 3 is 2.47 bits per heavy atom. The van der Waals surface area contributed by atoms with Crippen molar-refractivity contribution in [2.45, 2.75) is 19.9 Å². The molecule has 4 rings (SSSR count). The van der Waals surface area contributed by atoms with Gasteiger partial charge in [-0.3, -0.25) is 9.36 Å². The van der Waals surface area contributed by atoms with Crippen LogP contribution in [0.1, 0.15) is 31.0 Å². The van der Waals surface area contributed by atoms with Gasteiger partial charge in [0.1, 0.15) is 0 Å². The monoisotopic (exact) mass is 447 g/mol. The van der Waals surface area contributed by atoms with E-state index in [4.69, 9.17) is 4.74 Å². The standard InChI is InChI=1S/C25H25N3O3S/c1-5-31-24(30)21-16(2)26-25-28(22(21)18-9-7-6-8-10-18)23(29)20(32-25)15-17-11-13-19(14-12-17)27(3)4/h6-15,22H,5H2,1-4H3/b20-15+/t22-/m1/s1. The van der Waals surface area contributed by atoms with Gasteiger partial charge in [0.2, 0.25) is 0 Å². The smallest absolute Gasteiger partial charge is 0.338 e. The average Bonchev–Trinajstić information content (AvgIpc) is 3.08. The van der Waals surface area contributed by atoms with Crippen molar-refractivity contribution < 1.29 is 9.53 Å². The molecule has 0 aliphatic carbocycles. The molecule has 0 bridgehead atoms. The zero-order valence-corrected chi connectivity index (χ0v) is 19.3. The van der Waals surface area contributed by atoms with Crippen LogP contribution in [0, 0.1) is 0 Å². The first-order chi connectivity index (χ1) is 15.4. The van der Waals surface area contributed by atoms with E-state index in [0.29, 0.717) is 20.6 Å². The van der Waals surface area contributed by atoms with Crippen molar-refractivity contribution in [3.63, 3.8) is 0 Å². The Balaban J connectivity index is 1.89. The number of allylic oxidation sites excluding steroid dienone is 1. The number of hydrogen-bond donors (Lipinski definition) is 0. The van der Waals surface area contributed by atoms with Crippen LogP contribution in [-0.4, -0.2) is 31.2 Å². The summed E-state index contributed by atoms with van der Waals surface area (Å²) in [4.78, 5) is 33.5. The first-order valence-corrected chi connectivity index (χ1v) is 11.2. The number of aromatic nitrogens is 1. The summed E-state index contributed by atoms with van der Waals surface area (Å²) in [6.07, 6.45) is 1.87. The molecule has 0 unspecified atom stereocenters. The molecular formula is C25H25N3O3S. The van der Waals surface area contributed by atoms with Gasteiger partial charge in [-0.2, -0.15) is 0 Å². The highest BCUT2D eigenvalue weighted by Gasteiger charge is 2.33. The van der Waals surface area contributed by atoms with Crippen molar-refractivity contribution in [3.05, 3.63) is 96.7 Å². The van der Waals surface area contributed by atoms with E-state index in [0.717, 1.165) is 16.8 Å². The summed E-state index contributed by atoms with van der Waals surface area (Å²) in [5.74, 6) is -0.448. The first kappa shape index (κ1) is 21.8. The second kappa shape index (κ2) is 8.96. The zero-order chi connectivity index (χ0) is 22.8. The van der Waals surface area contributed by atoms with Crippen LogP contribution < -0.4 is 19.8 Å².